The molecule has 1 fully saturated rings. The summed E-state index contributed by atoms with van der Waals surface area (Å²) in [5.74, 6) is 0.889. The normalized spacial score (nSPS) is 21.2. The maximum absolute atomic E-state index is 2.53. The number of benzene rings is 5. The van der Waals surface area contributed by atoms with Crippen molar-refractivity contribution in [2.75, 3.05) is 9.80 Å². The first kappa shape index (κ1) is 35.8. The molecule has 9 rings (SSSR count). The first-order chi connectivity index (χ1) is 27.7. The van der Waals surface area contributed by atoms with Crippen LogP contribution in [0, 0.1) is 5.92 Å². The van der Waals surface area contributed by atoms with E-state index in [-0.39, 0.29) is 11.5 Å². The molecule has 0 aromatic heterocycles. The van der Waals surface area contributed by atoms with Crippen LogP contribution in [0.2, 0.25) is 0 Å². The van der Waals surface area contributed by atoms with Gasteiger partial charge in [-0.05, 0) is 109 Å². The molecule has 0 radical (unpaired) electrons. The van der Waals surface area contributed by atoms with Gasteiger partial charge in [-0.15, -0.1) is 0 Å². The van der Waals surface area contributed by atoms with Crippen molar-refractivity contribution < 1.29 is 0 Å². The van der Waals surface area contributed by atoms with Crippen molar-refractivity contribution in [1.82, 2.24) is 0 Å². The highest BCUT2D eigenvalue weighted by Gasteiger charge is 2.36. The second kappa shape index (κ2) is 16.5. The number of para-hydroxylation sites is 2. The van der Waals surface area contributed by atoms with Crippen molar-refractivity contribution in [2.24, 2.45) is 5.92 Å². The molecule has 4 aliphatic carbocycles. The van der Waals surface area contributed by atoms with Gasteiger partial charge in [0.05, 0.1) is 6.04 Å². The molecule has 0 N–H and O–H groups in total. The predicted octanol–water partition coefficient (Wildman–Crippen LogP) is 14.2. The third-order valence-corrected chi connectivity index (χ3v) is 12.5. The van der Waals surface area contributed by atoms with Crippen molar-refractivity contribution >= 4 is 22.7 Å². The number of rotatable bonds is 10. The van der Waals surface area contributed by atoms with Crippen molar-refractivity contribution in [3.63, 3.8) is 0 Å². The number of hydrogen-bond donors (Lipinski definition) is 0. The van der Waals surface area contributed by atoms with Crippen LogP contribution in [0.15, 0.2) is 212 Å². The minimum atomic E-state index is 0.00171. The third kappa shape index (κ3) is 7.41. The zero-order valence-electron chi connectivity index (χ0n) is 32.3. The quantitative estimate of drug-likeness (QED) is 0.141. The summed E-state index contributed by atoms with van der Waals surface area (Å²) in [6.45, 7) is 0. The summed E-state index contributed by atoms with van der Waals surface area (Å²) in [6, 6.07) is 52.1. The third-order valence-electron chi connectivity index (χ3n) is 12.5. The first-order valence-corrected chi connectivity index (χ1v) is 20.8. The first-order valence-electron chi connectivity index (χ1n) is 20.8. The molecule has 278 valence electrons. The molecular weight excluding hydrogens is 677 g/mol. The lowest BCUT2D eigenvalue weighted by Crippen LogP contribution is -2.32. The van der Waals surface area contributed by atoms with E-state index in [1.54, 1.807) is 0 Å². The Morgan fingerprint density at radius 1 is 0.464 bits per heavy atom. The Morgan fingerprint density at radius 2 is 1.07 bits per heavy atom. The summed E-state index contributed by atoms with van der Waals surface area (Å²) in [6.07, 6.45) is 32.6. The van der Waals surface area contributed by atoms with Gasteiger partial charge in [0.2, 0.25) is 0 Å². The summed E-state index contributed by atoms with van der Waals surface area (Å²) in [4.78, 5) is 4.95. The van der Waals surface area contributed by atoms with E-state index >= 15 is 0 Å². The lowest BCUT2D eigenvalue weighted by molar-refractivity contribution is 0.346. The van der Waals surface area contributed by atoms with E-state index < -0.39 is 0 Å². The molecule has 0 saturated heterocycles. The zero-order chi connectivity index (χ0) is 37.6. The Balaban J connectivity index is 1.000. The van der Waals surface area contributed by atoms with Gasteiger partial charge in [0, 0.05) is 45.7 Å². The fourth-order valence-corrected chi connectivity index (χ4v) is 9.56. The average molecular weight is 729 g/mol. The largest absolute Gasteiger partial charge is 0.334 e. The molecule has 5 aromatic rings. The van der Waals surface area contributed by atoms with Crippen molar-refractivity contribution in [3.05, 3.63) is 228 Å². The van der Waals surface area contributed by atoms with E-state index in [4.69, 9.17) is 0 Å². The molecular formula is C54H52N2. The number of anilines is 4. The van der Waals surface area contributed by atoms with E-state index in [0.717, 1.165) is 19.3 Å². The molecule has 0 spiro atoms. The van der Waals surface area contributed by atoms with Crippen LogP contribution in [0.25, 0.3) is 0 Å². The van der Waals surface area contributed by atoms with Gasteiger partial charge in [-0.25, -0.2) is 0 Å². The Hall–Kier alpha value is -5.86. The van der Waals surface area contributed by atoms with Gasteiger partial charge in [-0.1, -0.05) is 165 Å². The fourth-order valence-electron chi connectivity index (χ4n) is 9.56. The minimum absolute atomic E-state index is 0.00171. The molecule has 3 atom stereocenters. The lowest BCUT2D eigenvalue weighted by Gasteiger charge is -2.40. The molecule has 3 unspecified atom stereocenters. The summed E-state index contributed by atoms with van der Waals surface area (Å²) < 4.78 is 0. The highest BCUT2D eigenvalue weighted by atomic mass is 15.2. The predicted molar refractivity (Wildman–Crippen MR) is 237 cm³/mol. The lowest BCUT2D eigenvalue weighted by atomic mass is 9.65. The Kier molecular flexibility index (Phi) is 10.5. The van der Waals surface area contributed by atoms with Gasteiger partial charge in [-0.3, -0.25) is 0 Å². The van der Waals surface area contributed by atoms with Gasteiger partial charge in [-0.2, -0.15) is 0 Å². The monoisotopic (exact) mass is 728 g/mol. The molecule has 0 amide bonds. The minimum Gasteiger partial charge on any atom is -0.334 e. The van der Waals surface area contributed by atoms with Gasteiger partial charge in [0.1, 0.15) is 0 Å². The molecule has 56 heavy (non-hydrogen) atoms. The molecule has 1 saturated carbocycles. The summed E-state index contributed by atoms with van der Waals surface area (Å²) in [5.41, 5.74) is 11.8. The Labute approximate surface area is 334 Å². The number of allylic oxidation sites excluding steroid dienone is 9. The van der Waals surface area contributed by atoms with Crippen molar-refractivity contribution in [2.45, 2.75) is 68.7 Å². The molecule has 0 bridgehead atoms. The van der Waals surface area contributed by atoms with Crippen LogP contribution in [0.4, 0.5) is 22.7 Å². The molecule has 0 heterocycles. The van der Waals surface area contributed by atoms with Gasteiger partial charge >= 0.3 is 0 Å². The van der Waals surface area contributed by atoms with Crippen LogP contribution in [0.1, 0.15) is 74.0 Å². The Morgan fingerprint density at radius 3 is 1.66 bits per heavy atom. The standard InChI is InChI=1S/C54H52N2/c1-6-16-42(17-7-1)44-24-32-50(33-25-44)55(48-20-10-3-11-21-48)52-36-28-46(29-37-52)54(40-14-5-15-41-54)47-30-38-53(39-31-47)56(49-22-12-4-13-23-49)51-34-26-45(27-35-51)43-18-8-2-9-19-43/h1-4,6-13,16-18,20-24,26-34,36-39,43-44,51H,5,14-15,19,25,35,40-41H2. The van der Waals surface area contributed by atoms with E-state index in [2.05, 4.69) is 210 Å². The molecule has 5 aromatic carbocycles. The maximum Gasteiger partial charge on any atom is 0.0560 e. The smallest absolute Gasteiger partial charge is 0.0560 e. The summed E-state index contributed by atoms with van der Waals surface area (Å²) in [5, 5.41) is 0. The van der Waals surface area contributed by atoms with E-state index in [9.17, 15) is 0 Å². The van der Waals surface area contributed by atoms with Crippen LogP contribution < -0.4 is 9.80 Å². The van der Waals surface area contributed by atoms with Crippen LogP contribution in [-0.2, 0) is 5.41 Å². The Bertz CT molecular complexity index is 2250. The van der Waals surface area contributed by atoms with Crippen LogP contribution in [-0.4, -0.2) is 6.04 Å². The fraction of sp³-hybridized carbons (Fsp3) is 0.222. The van der Waals surface area contributed by atoms with E-state index in [1.807, 2.05) is 0 Å². The van der Waals surface area contributed by atoms with Gasteiger partial charge < -0.3 is 9.80 Å². The van der Waals surface area contributed by atoms with Gasteiger partial charge in [0.15, 0.2) is 0 Å². The van der Waals surface area contributed by atoms with Crippen molar-refractivity contribution in [3.8, 4) is 0 Å². The molecule has 4 aliphatic rings. The van der Waals surface area contributed by atoms with Crippen LogP contribution in [0.3, 0.4) is 0 Å². The number of nitrogens with zero attached hydrogens (tertiary/aromatic N) is 2. The molecule has 2 heteroatoms. The SMILES string of the molecule is C1=CCC(C2=CCC(N(c3ccccc3)c3ccc(C4(c5ccc(N(C6=CCC(c7ccccc7)C=C6)c6ccccc6)cc5)CCCCC4)cc3)C=C2)C=C1. The molecule has 0 aliphatic heterocycles. The number of hydrogen-bond acceptors (Lipinski definition) is 2. The molecule has 2 nitrogen and oxygen atoms in total. The van der Waals surface area contributed by atoms with Crippen molar-refractivity contribution in [1.29, 1.82) is 0 Å². The van der Waals surface area contributed by atoms with Gasteiger partial charge in [0.25, 0.3) is 0 Å². The topological polar surface area (TPSA) is 6.48 Å². The highest BCUT2D eigenvalue weighted by molar-refractivity contribution is 5.71. The van der Waals surface area contributed by atoms with E-state index in [0.29, 0.717) is 11.8 Å². The maximum atomic E-state index is 2.53. The summed E-state index contributed by atoms with van der Waals surface area (Å²) in [7, 11) is 0. The van der Waals surface area contributed by atoms with Crippen LogP contribution in [0.5, 0.6) is 0 Å². The average Bonchev–Trinajstić information content (AvgIpc) is 3.29. The van der Waals surface area contributed by atoms with E-state index in [1.165, 1.54) is 82.8 Å². The second-order valence-electron chi connectivity index (χ2n) is 15.9. The zero-order valence-corrected chi connectivity index (χ0v) is 32.3. The second-order valence-corrected chi connectivity index (χ2v) is 15.9. The highest BCUT2D eigenvalue weighted by Crippen LogP contribution is 2.47. The van der Waals surface area contributed by atoms with Crippen LogP contribution >= 0.6 is 0 Å². The summed E-state index contributed by atoms with van der Waals surface area (Å²) >= 11 is 0.